The zero-order valence-corrected chi connectivity index (χ0v) is 14.1. The van der Waals surface area contributed by atoms with Crippen LogP contribution in [0.4, 0.5) is 0 Å². The topological polar surface area (TPSA) is 133 Å². The Labute approximate surface area is 142 Å². The molecule has 6 N–H and O–H groups in total. The predicted octanol–water partition coefficient (Wildman–Crippen LogP) is 1.29. The number of hydrogen-bond donors (Lipinski definition) is 5. The van der Waals surface area contributed by atoms with Gasteiger partial charge in [0.2, 0.25) is 0 Å². The highest BCUT2D eigenvalue weighted by Crippen LogP contribution is 2.26. The molecule has 0 bridgehead atoms. The van der Waals surface area contributed by atoms with Crippen LogP contribution in [0.3, 0.4) is 0 Å². The van der Waals surface area contributed by atoms with Gasteiger partial charge >= 0.3 is 11.9 Å². The number of phenolic OH excluding ortho intramolecular Hbond substituents is 1. The van der Waals surface area contributed by atoms with Crippen molar-refractivity contribution in [1.29, 1.82) is 0 Å². The number of phenols is 1. The van der Waals surface area contributed by atoms with Crippen molar-refractivity contribution in [2.24, 2.45) is 5.73 Å². The van der Waals surface area contributed by atoms with Gasteiger partial charge in [0.15, 0.2) is 0 Å². The molecule has 1 rings (SSSR count). The van der Waals surface area contributed by atoms with E-state index in [9.17, 15) is 19.8 Å². The van der Waals surface area contributed by atoms with Crippen molar-refractivity contribution in [3.8, 4) is 5.75 Å². The van der Waals surface area contributed by atoms with E-state index in [4.69, 9.17) is 10.8 Å². The SMILES string of the molecule is CC(NC(CSSCC(N)C(=O)O)C(=O)O)c1ccccc1O. The van der Waals surface area contributed by atoms with Gasteiger partial charge in [-0.1, -0.05) is 39.8 Å². The molecule has 7 nitrogen and oxygen atoms in total. The van der Waals surface area contributed by atoms with Gasteiger partial charge in [-0.25, -0.2) is 0 Å². The van der Waals surface area contributed by atoms with Crippen LogP contribution in [0, 0.1) is 0 Å². The first-order chi connectivity index (χ1) is 10.8. The van der Waals surface area contributed by atoms with E-state index in [0.717, 1.165) is 0 Å². The summed E-state index contributed by atoms with van der Waals surface area (Å²) in [5, 5.41) is 30.7. The molecule has 1 aromatic carbocycles. The predicted molar refractivity (Wildman–Crippen MR) is 91.6 cm³/mol. The number of para-hydroxylation sites is 1. The van der Waals surface area contributed by atoms with E-state index in [2.05, 4.69) is 5.32 Å². The molecule has 0 amide bonds. The van der Waals surface area contributed by atoms with E-state index in [1.807, 2.05) is 0 Å². The highest BCUT2D eigenvalue weighted by atomic mass is 33.1. The lowest BCUT2D eigenvalue weighted by molar-refractivity contribution is -0.139. The zero-order chi connectivity index (χ0) is 17.4. The molecule has 1 aromatic rings. The van der Waals surface area contributed by atoms with Crippen molar-refractivity contribution in [3.63, 3.8) is 0 Å². The molecule has 0 aromatic heterocycles. The van der Waals surface area contributed by atoms with Crippen LogP contribution in [0.5, 0.6) is 5.75 Å². The number of aromatic hydroxyl groups is 1. The number of nitrogens with two attached hydrogens (primary N) is 1. The standard InChI is InChI=1S/C14H20N2O5S2/c1-8(9-4-2-3-5-12(9)17)16-11(14(20)21)7-23-22-6-10(15)13(18)19/h2-5,8,10-11,16-17H,6-7,15H2,1H3,(H,18,19)(H,20,21). The Bertz CT molecular complexity index is 544. The van der Waals surface area contributed by atoms with Gasteiger partial charge in [0, 0.05) is 23.1 Å². The van der Waals surface area contributed by atoms with Gasteiger partial charge < -0.3 is 21.1 Å². The average molecular weight is 360 g/mol. The molecule has 0 saturated carbocycles. The first kappa shape index (κ1) is 19.6. The second-order valence-electron chi connectivity index (χ2n) is 4.85. The second-order valence-corrected chi connectivity index (χ2v) is 7.40. The number of aliphatic carboxylic acids is 2. The molecule has 9 heteroatoms. The van der Waals surface area contributed by atoms with Gasteiger partial charge in [-0.3, -0.25) is 14.9 Å². The van der Waals surface area contributed by atoms with E-state index in [1.165, 1.54) is 21.6 Å². The molecular weight excluding hydrogens is 340 g/mol. The fourth-order valence-corrected chi connectivity index (χ4v) is 4.03. The van der Waals surface area contributed by atoms with Crippen molar-refractivity contribution in [2.45, 2.75) is 25.0 Å². The summed E-state index contributed by atoms with van der Waals surface area (Å²) in [6.45, 7) is 1.77. The maximum absolute atomic E-state index is 11.3. The number of carboxylic acids is 2. The van der Waals surface area contributed by atoms with E-state index in [1.54, 1.807) is 31.2 Å². The van der Waals surface area contributed by atoms with E-state index >= 15 is 0 Å². The Hall–Kier alpha value is -1.42. The number of rotatable bonds is 10. The summed E-state index contributed by atoms with van der Waals surface area (Å²) in [7, 11) is 2.46. The lowest BCUT2D eigenvalue weighted by Crippen LogP contribution is -2.40. The molecule has 3 atom stereocenters. The Morgan fingerprint density at radius 1 is 1.17 bits per heavy atom. The summed E-state index contributed by atoms with van der Waals surface area (Å²) in [4.78, 5) is 21.9. The first-order valence-corrected chi connectivity index (χ1v) is 9.31. The van der Waals surface area contributed by atoms with Crippen LogP contribution in [0.2, 0.25) is 0 Å². The maximum Gasteiger partial charge on any atom is 0.321 e. The molecule has 0 fully saturated rings. The number of hydrogen-bond acceptors (Lipinski definition) is 7. The fourth-order valence-electron chi connectivity index (χ4n) is 1.74. The van der Waals surface area contributed by atoms with Gasteiger partial charge in [-0.15, -0.1) is 0 Å². The zero-order valence-electron chi connectivity index (χ0n) is 12.5. The third-order valence-electron chi connectivity index (χ3n) is 3.04. The molecule has 0 aliphatic rings. The summed E-state index contributed by atoms with van der Waals surface area (Å²) < 4.78 is 0. The van der Waals surface area contributed by atoms with Crippen LogP contribution in [-0.4, -0.2) is 50.8 Å². The Morgan fingerprint density at radius 2 is 1.78 bits per heavy atom. The van der Waals surface area contributed by atoms with Gasteiger partial charge in [0.1, 0.15) is 17.8 Å². The van der Waals surface area contributed by atoms with Crippen molar-refractivity contribution < 1.29 is 24.9 Å². The van der Waals surface area contributed by atoms with Crippen LogP contribution in [0.25, 0.3) is 0 Å². The summed E-state index contributed by atoms with van der Waals surface area (Å²) >= 11 is 0. The van der Waals surface area contributed by atoms with Crippen LogP contribution in [-0.2, 0) is 9.59 Å². The van der Waals surface area contributed by atoms with Gasteiger partial charge in [-0.2, -0.15) is 0 Å². The molecule has 0 saturated heterocycles. The summed E-state index contributed by atoms with van der Waals surface area (Å²) in [5.41, 5.74) is 5.99. The van der Waals surface area contributed by atoms with E-state index in [-0.39, 0.29) is 23.3 Å². The normalized spacial score (nSPS) is 14.9. The average Bonchev–Trinajstić information content (AvgIpc) is 2.49. The Kier molecular flexibility index (Phi) is 8.24. The number of carbonyl (C=O) groups is 2. The van der Waals surface area contributed by atoms with Gasteiger partial charge in [0.25, 0.3) is 0 Å². The second kappa shape index (κ2) is 9.66. The van der Waals surface area contributed by atoms with Crippen LogP contribution in [0.15, 0.2) is 24.3 Å². The van der Waals surface area contributed by atoms with Crippen molar-refractivity contribution in [2.75, 3.05) is 11.5 Å². The summed E-state index contributed by atoms with van der Waals surface area (Å²) in [5.74, 6) is -1.56. The van der Waals surface area contributed by atoms with Crippen LogP contribution >= 0.6 is 21.6 Å². The molecule has 0 radical (unpaired) electrons. The minimum absolute atomic E-state index is 0.103. The largest absolute Gasteiger partial charge is 0.508 e. The smallest absolute Gasteiger partial charge is 0.321 e. The molecule has 128 valence electrons. The molecule has 0 spiro atoms. The highest BCUT2D eigenvalue weighted by molar-refractivity contribution is 8.76. The third-order valence-corrected chi connectivity index (χ3v) is 5.48. The number of carboxylic acid groups (broad SMARTS) is 2. The Morgan fingerprint density at radius 3 is 2.35 bits per heavy atom. The molecule has 0 heterocycles. The van der Waals surface area contributed by atoms with Crippen LogP contribution < -0.4 is 11.1 Å². The van der Waals surface area contributed by atoms with E-state index < -0.39 is 24.0 Å². The minimum Gasteiger partial charge on any atom is -0.508 e. The number of benzene rings is 1. The molecular formula is C14H20N2O5S2. The Balaban J connectivity index is 2.51. The van der Waals surface area contributed by atoms with Gasteiger partial charge in [0.05, 0.1) is 0 Å². The minimum atomic E-state index is -1.08. The highest BCUT2D eigenvalue weighted by Gasteiger charge is 2.22. The quantitative estimate of drug-likeness (QED) is 0.309. The lowest BCUT2D eigenvalue weighted by atomic mass is 10.1. The van der Waals surface area contributed by atoms with Gasteiger partial charge in [-0.05, 0) is 13.0 Å². The third kappa shape index (κ3) is 6.69. The molecule has 0 aliphatic heterocycles. The molecule has 23 heavy (non-hydrogen) atoms. The maximum atomic E-state index is 11.3. The number of nitrogens with one attached hydrogen (secondary N) is 1. The van der Waals surface area contributed by atoms with Crippen LogP contribution in [0.1, 0.15) is 18.5 Å². The first-order valence-electron chi connectivity index (χ1n) is 6.82. The van der Waals surface area contributed by atoms with E-state index in [0.29, 0.717) is 5.56 Å². The summed E-state index contributed by atoms with van der Waals surface area (Å²) in [6, 6.07) is 4.58. The van der Waals surface area contributed by atoms with Crippen molar-refractivity contribution in [1.82, 2.24) is 5.32 Å². The molecule has 0 aliphatic carbocycles. The fraction of sp³-hybridized carbons (Fsp3) is 0.429. The molecule has 3 unspecified atom stereocenters. The van der Waals surface area contributed by atoms with Crippen molar-refractivity contribution in [3.05, 3.63) is 29.8 Å². The summed E-state index contributed by atoms with van der Waals surface area (Å²) in [6.07, 6.45) is 0. The lowest BCUT2D eigenvalue weighted by Gasteiger charge is -2.21. The van der Waals surface area contributed by atoms with Crippen molar-refractivity contribution >= 4 is 33.5 Å². The monoisotopic (exact) mass is 360 g/mol.